The maximum absolute atomic E-state index is 9.73. The summed E-state index contributed by atoms with van der Waals surface area (Å²) in [5.74, 6) is 0.825. The first-order valence-corrected chi connectivity index (χ1v) is 12.1. The number of aliphatic hydroxyl groups excluding tert-OH is 3. The van der Waals surface area contributed by atoms with Gasteiger partial charge in [-0.15, -0.1) is 0 Å². The highest BCUT2D eigenvalue weighted by Crippen LogP contribution is 2.41. The van der Waals surface area contributed by atoms with E-state index in [1.807, 2.05) is 0 Å². The predicted octanol–water partition coefficient (Wildman–Crippen LogP) is 5.53. The van der Waals surface area contributed by atoms with Crippen LogP contribution in [-0.2, 0) is 17.3 Å². The molecular formula is C27H48O4. The second kappa shape index (κ2) is 12.2. The van der Waals surface area contributed by atoms with E-state index in [0.29, 0.717) is 0 Å². The summed E-state index contributed by atoms with van der Waals surface area (Å²) in [6, 6.07) is 4.55. The Bertz CT molecular complexity index is 605. The molecule has 0 radical (unpaired) electrons. The van der Waals surface area contributed by atoms with Gasteiger partial charge in [0.1, 0.15) is 12.4 Å². The monoisotopic (exact) mass is 436 g/mol. The summed E-state index contributed by atoms with van der Waals surface area (Å²) in [4.78, 5) is 0. The SMILES string of the molecule is CCCCCCCCc1cc(C(C)(C)C)c(OCC(CO)(CO)CO)c(C(C)(C)C)c1. The van der Waals surface area contributed by atoms with Crippen molar-refractivity contribution in [1.82, 2.24) is 0 Å². The highest BCUT2D eigenvalue weighted by atomic mass is 16.5. The number of ether oxygens (including phenoxy) is 1. The maximum atomic E-state index is 9.73. The van der Waals surface area contributed by atoms with Gasteiger partial charge in [-0.05, 0) is 29.2 Å². The molecule has 0 bridgehead atoms. The van der Waals surface area contributed by atoms with Crippen molar-refractivity contribution < 1.29 is 20.1 Å². The summed E-state index contributed by atoms with van der Waals surface area (Å²) in [5.41, 5.74) is 2.34. The molecule has 0 aliphatic rings. The number of hydrogen-bond donors (Lipinski definition) is 3. The van der Waals surface area contributed by atoms with Gasteiger partial charge >= 0.3 is 0 Å². The van der Waals surface area contributed by atoms with Crippen molar-refractivity contribution in [2.45, 2.75) is 104 Å². The topological polar surface area (TPSA) is 69.9 Å². The molecule has 0 aliphatic heterocycles. The average Bonchev–Trinajstić information content (AvgIpc) is 2.70. The number of aryl methyl sites for hydroxylation is 1. The molecule has 4 nitrogen and oxygen atoms in total. The molecule has 0 aliphatic carbocycles. The molecule has 0 aromatic heterocycles. The van der Waals surface area contributed by atoms with Crippen LogP contribution in [-0.4, -0.2) is 41.7 Å². The minimum absolute atomic E-state index is 0.0689. The molecule has 1 aromatic rings. The Morgan fingerprint density at radius 2 is 1.16 bits per heavy atom. The molecule has 0 amide bonds. The van der Waals surface area contributed by atoms with E-state index in [-0.39, 0.29) is 37.3 Å². The van der Waals surface area contributed by atoms with E-state index in [1.165, 1.54) is 44.1 Å². The van der Waals surface area contributed by atoms with Crippen LogP contribution in [0.1, 0.15) is 104 Å². The van der Waals surface area contributed by atoms with Crippen LogP contribution in [0.5, 0.6) is 5.75 Å². The van der Waals surface area contributed by atoms with E-state index in [1.54, 1.807) is 0 Å². The van der Waals surface area contributed by atoms with Crippen molar-refractivity contribution >= 4 is 0 Å². The van der Waals surface area contributed by atoms with Gasteiger partial charge in [0, 0.05) is 11.1 Å². The molecule has 180 valence electrons. The first-order valence-electron chi connectivity index (χ1n) is 12.1. The van der Waals surface area contributed by atoms with Crippen molar-refractivity contribution in [2.24, 2.45) is 5.41 Å². The highest BCUT2D eigenvalue weighted by molar-refractivity contribution is 5.51. The summed E-state index contributed by atoms with van der Waals surface area (Å²) in [7, 11) is 0. The molecule has 0 fully saturated rings. The predicted molar refractivity (Wildman–Crippen MR) is 130 cm³/mol. The molecule has 4 heteroatoms. The average molecular weight is 437 g/mol. The Kier molecular flexibility index (Phi) is 11.0. The van der Waals surface area contributed by atoms with E-state index < -0.39 is 5.41 Å². The second-order valence-electron chi connectivity index (χ2n) is 11.3. The number of rotatable bonds is 13. The lowest BCUT2D eigenvalue weighted by atomic mass is 9.77. The molecule has 0 unspecified atom stereocenters. The van der Waals surface area contributed by atoms with Crippen LogP contribution in [0.25, 0.3) is 0 Å². The van der Waals surface area contributed by atoms with Crippen molar-refractivity contribution in [3.8, 4) is 5.75 Å². The van der Waals surface area contributed by atoms with Crippen LogP contribution in [0.4, 0.5) is 0 Å². The van der Waals surface area contributed by atoms with Crippen molar-refractivity contribution in [1.29, 1.82) is 0 Å². The third kappa shape index (κ3) is 8.40. The molecule has 1 aromatic carbocycles. The van der Waals surface area contributed by atoms with Gasteiger partial charge in [0.2, 0.25) is 0 Å². The fraction of sp³-hybridized carbons (Fsp3) is 0.778. The Morgan fingerprint density at radius 3 is 1.58 bits per heavy atom. The summed E-state index contributed by atoms with van der Waals surface area (Å²) < 4.78 is 6.30. The number of unbranched alkanes of at least 4 members (excludes halogenated alkanes) is 5. The summed E-state index contributed by atoms with van der Waals surface area (Å²) in [6.07, 6.45) is 8.75. The quantitative estimate of drug-likeness (QED) is 0.356. The van der Waals surface area contributed by atoms with E-state index in [0.717, 1.165) is 23.3 Å². The first kappa shape index (κ1) is 27.9. The fourth-order valence-corrected chi connectivity index (χ4v) is 3.72. The minimum Gasteiger partial charge on any atom is -0.492 e. The van der Waals surface area contributed by atoms with Gasteiger partial charge in [-0.3, -0.25) is 0 Å². The van der Waals surface area contributed by atoms with Gasteiger partial charge in [-0.1, -0.05) is 92.7 Å². The lowest BCUT2D eigenvalue weighted by Gasteiger charge is -2.33. The lowest BCUT2D eigenvalue weighted by molar-refractivity contribution is -0.0265. The van der Waals surface area contributed by atoms with E-state index in [4.69, 9.17) is 4.74 Å². The summed E-state index contributed by atoms with van der Waals surface area (Å²) in [6.45, 7) is 14.5. The highest BCUT2D eigenvalue weighted by Gasteiger charge is 2.33. The van der Waals surface area contributed by atoms with Crippen LogP contribution < -0.4 is 4.74 Å². The molecule has 0 saturated carbocycles. The molecular weight excluding hydrogens is 388 g/mol. The zero-order valence-corrected chi connectivity index (χ0v) is 21.2. The third-order valence-electron chi connectivity index (χ3n) is 6.11. The largest absolute Gasteiger partial charge is 0.492 e. The van der Waals surface area contributed by atoms with Gasteiger partial charge in [0.05, 0.1) is 25.2 Å². The Morgan fingerprint density at radius 1 is 0.710 bits per heavy atom. The van der Waals surface area contributed by atoms with E-state index >= 15 is 0 Å². The normalized spacial score (nSPS) is 13.0. The first-order chi connectivity index (χ1) is 14.4. The molecule has 0 spiro atoms. The fourth-order valence-electron chi connectivity index (χ4n) is 3.72. The zero-order valence-electron chi connectivity index (χ0n) is 21.2. The van der Waals surface area contributed by atoms with Crippen molar-refractivity contribution in [2.75, 3.05) is 26.4 Å². The Labute approximate surface area is 191 Å². The maximum Gasteiger partial charge on any atom is 0.126 e. The molecule has 0 atom stereocenters. The Balaban J connectivity index is 3.25. The van der Waals surface area contributed by atoms with Crippen LogP contribution in [0.2, 0.25) is 0 Å². The smallest absolute Gasteiger partial charge is 0.126 e. The molecule has 0 saturated heterocycles. The number of benzene rings is 1. The Hall–Kier alpha value is -1.10. The van der Waals surface area contributed by atoms with Crippen molar-refractivity contribution in [3.05, 3.63) is 28.8 Å². The number of hydrogen-bond acceptors (Lipinski definition) is 4. The van der Waals surface area contributed by atoms with Crippen molar-refractivity contribution in [3.63, 3.8) is 0 Å². The summed E-state index contributed by atoms with van der Waals surface area (Å²) >= 11 is 0. The lowest BCUT2D eigenvalue weighted by Crippen LogP contribution is -2.40. The van der Waals surface area contributed by atoms with Gasteiger partial charge in [0.15, 0.2) is 0 Å². The second-order valence-corrected chi connectivity index (χ2v) is 11.3. The van der Waals surface area contributed by atoms with E-state index in [9.17, 15) is 15.3 Å². The standard InChI is InChI=1S/C27H48O4/c1-8-9-10-11-12-13-14-21-15-22(25(2,3)4)24(23(16-21)26(5,6)7)31-20-27(17-28,18-29)19-30/h15-16,28-30H,8-14,17-20H2,1-7H3. The van der Waals surface area contributed by atoms with Gasteiger partial charge in [0.25, 0.3) is 0 Å². The van der Waals surface area contributed by atoms with Crippen LogP contribution in [0.15, 0.2) is 12.1 Å². The summed E-state index contributed by atoms with van der Waals surface area (Å²) in [5, 5.41) is 29.2. The van der Waals surface area contributed by atoms with Gasteiger partial charge in [-0.2, -0.15) is 0 Å². The van der Waals surface area contributed by atoms with Crippen LogP contribution in [0, 0.1) is 5.41 Å². The molecule has 31 heavy (non-hydrogen) atoms. The third-order valence-corrected chi connectivity index (χ3v) is 6.11. The molecule has 1 rings (SSSR count). The van der Waals surface area contributed by atoms with Crippen LogP contribution in [0.3, 0.4) is 0 Å². The van der Waals surface area contributed by atoms with Gasteiger partial charge in [-0.25, -0.2) is 0 Å². The number of aliphatic hydroxyl groups is 3. The zero-order chi connectivity index (χ0) is 23.7. The minimum atomic E-state index is -1.05. The van der Waals surface area contributed by atoms with E-state index in [2.05, 4.69) is 60.6 Å². The molecule has 0 heterocycles. The molecule has 3 N–H and O–H groups in total. The van der Waals surface area contributed by atoms with Gasteiger partial charge < -0.3 is 20.1 Å². The van der Waals surface area contributed by atoms with Crippen LogP contribution >= 0.6 is 0 Å².